The van der Waals surface area contributed by atoms with Crippen molar-refractivity contribution in [3.8, 4) is 5.69 Å². The molecule has 0 radical (unpaired) electrons. The zero-order chi connectivity index (χ0) is 18.7. The van der Waals surface area contributed by atoms with Crippen molar-refractivity contribution in [2.24, 2.45) is 5.73 Å². The number of amides is 1. The number of carbonyl (C=O) groups excluding carboxylic acids is 1. The molecule has 0 fully saturated rings. The standard InChI is InChI=1S/C20H21N3O2S/c1-3-13(2)14-8-10-15(11-9-14)23-19(25)16-6-4-5-7-17(16)22-20(23)26-12-18(21)24/h4-11,13H,3,12H2,1-2H3,(H2,21,24). The monoisotopic (exact) mass is 367 g/mol. The molecule has 134 valence electrons. The largest absolute Gasteiger partial charge is 0.369 e. The molecule has 1 aromatic heterocycles. The van der Waals surface area contributed by atoms with E-state index >= 15 is 0 Å². The molecule has 0 saturated carbocycles. The molecular weight excluding hydrogens is 346 g/mol. The van der Waals surface area contributed by atoms with Gasteiger partial charge in [-0.2, -0.15) is 0 Å². The lowest BCUT2D eigenvalue weighted by molar-refractivity contribution is -0.115. The maximum absolute atomic E-state index is 13.1. The fourth-order valence-corrected chi connectivity index (χ4v) is 3.51. The molecule has 1 unspecified atom stereocenters. The van der Waals surface area contributed by atoms with Crippen LogP contribution in [-0.4, -0.2) is 21.2 Å². The van der Waals surface area contributed by atoms with Crippen LogP contribution in [0.4, 0.5) is 0 Å². The summed E-state index contributed by atoms with van der Waals surface area (Å²) in [5.41, 5.74) is 7.68. The lowest BCUT2D eigenvalue weighted by Gasteiger charge is -2.14. The number of hydrogen-bond donors (Lipinski definition) is 1. The molecule has 0 bridgehead atoms. The minimum Gasteiger partial charge on any atom is -0.369 e. The average molecular weight is 367 g/mol. The highest BCUT2D eigenvalue weighted by Gasteiger charge is 2.14. The van der Waals surface area contributed by atoms with E-state index in [1.807, 2.05) is 36.4 Å². The molecule has 5 nitrogen and oxygen atoms in total. The van der Waals surface area contributed by atoms with Crippen molar-refractivity contribution in [2.75, 3.05) is 5.75 Å². The highest BCUT2D eigenvalue weighted by molar-refractivity contribution is 7.99. The second-order valence-electron chi connectivity index (χ2n) is 6.21. The number of carbonyl (C=O) groups is 1. The van der Waals surface area contributed by atoms with Gasteiger partial charge in [0.2, 0.25) is 5.91 Å². The highest BCUT2D eigenvalue weighted by Crippen LogP contribution is 2.24. The quantitative estimate of drug-likeness (QED) is 0.534. The van der Waals surface area contributed by atoms with Crippen LogP contribution in [0.3, 0.4) is 0 Å². The smallest absolute Gasteiger partial charge is 0.266 e. The summed E-state index contributed by atoms with van der Waals surface area (Å²) in [6.45, 7) is 4.32. The first-order valence-electron chi connectivity index (χ1n) is 8.54. The normalized spacial score (nSPS) is 12.2. The predicted molar refractivity (Wildman–Crippen MR) is 106 cm³/mol. The summed E-state index contributed by atoms with van der Waals surface area (Å²) in [5, 5.41) is 1.01. The highest BCUT2D eigenvalue weighted by atomic mass is 32.2. The summed E-state index contributed by atoms with van der Waals surface area (Å²) < 4.78 is 1.55. The fourth-order valence-electron chi connectivity index (χ4n) is 2.76. The van der Waals surface area contributed by atoms with Crippen molar-refractivity contribution in [1.82, 2.24) is 9.55 Å². The van der Waals surface area contributed by atoms with Crippen LogP contribution in [-0.2, 0) is 4.79 Å². The van der Waals surface area contributed by atoms with E-state index in [9.17, 15) is 9.59 Å². The first-order chi connectivity index (χ1) is 12.5. The van der Waals surface area contributed by atoms with Gasteiger partial charge in [0, 0.05) is 0 Å². The number of hydrogen-bond acceptors (Lipinski definition) is 4. The van der Waals surface area contributed by atoms with Gasteiger partial charge in [0.25, 0.3) is 5.56 Å². The van der Waals surface area contributed by atoms with Crippen LogP contribution in [0.25, 0.3) is 16.6 Å². The van der Waals surface area contributed by atoms with E-state index in [-0.39, 0.29) is 11.3 Å². The lowest BCUT2D eigenvalue weighted by Crippen LogP contribution is -2.23. The van der Waals surface area contributed by atoms with Crippen molar-refractivity contribution in [3.63, 3.8) is 0 Å². The predicted octanol–water partition coefficient (Wildman–Crippen LogP) is 3.48. The van der Waals surface area contributed by atoms with E-state index in [1.165, 1.54) is 17.3 Å². The summed E-state index contributed by atoms with van der Waals surface area (Å²) >= 11 is 1.17. The molecular formula is C20H21N3O2S. The van der Waals surface area contributed by atoms with Crippen LogP contribution in [0.2, 0.25) is 0 Å². The third kappa shape index (κ3) is 3.65. The summed E-state index contributed by atoms with van der Waals surface area (Å²) in [6.07, 6.45) is 1.05. The zero-order valence-corrected chi connectivity index (χ0v) is 15.6. The Labute approximate surface area is 156 Å². The van der Waals surface area contributed by atoms with Gasteiger partial charge in [0.15, 0.2) is 5.16 Å². The number of thioether (sulfide) groups is 1. The van der Waals surface area contributed by atoms with E-state index in [2.05, 4.69) is 18.8 Å². The number of nitrogens with two attached hydrogens (primary N) is 1. The van der Waals surface area contributed by atoms with Crippen molar-refractivity contribution >= 4 is 28.6 Å². The molecule has 2 N–H and O–H groups in total. The Kier molecular flexibility index (Phi) is 5.42. The summed E-state index contributed by atoms with van der Waals surface area (Å²) in [6, 6.07) is 15.1. The van der Waals surface area contributed by atoms with Gasteiger partial charge in [0.05, 0.1) is 22.3 Å². The van der Waals surface area contributed by atoms with E-state index < -0.39 is 5.91 Å². The fraction of sp³-hybridized carbons (Fsp3) is 0.250. The SMILES string of the molecule is CCC(C)c1ccc(-n2c(SCC(N)=O)nc3ccccc3c2=O)cc1. The number of rotatable bonds is 6. The number of fused-ring (bicyclic) bond motifs is 1. The second-order valence-corrected chi connectivity index (χ2v) is 7.15. The van der Waals surface area contributed by atoms with Crippen LogP contribution in [0.5, 0.6) is 0 Å². The Morgan fingerprint density at radius 3 is 2.54 bits per heavy atom. The average Bonchev–Trinajstić information content (AvgIpc) is 2.66. The third-order valence-electron chi connectivity index (χ3n) is 4.42. The van der Waals surface area contributed by atoms with Crippen LogP contribution in [0, 0.1) is 0 Å². The molecule has 0 aliphatic heterocycles. The third-order valence-corrected chi connectivity index (χ3v) is 5.38. The molecule has 0 spiro atoms. The molecule has 1 atom stereocenters. The van der Waals surface area contributed by atoms with Gasteiger partial charge in [0.1, 0.15) is 0 Å². The van der Waals surface area contributed by atoms with E-state index in [0.717, 1.165) is 12.1 Å². The van der Waals surface area contributed by atoms with Crippen molar-refractivity contribution in [3.05, 3.63) is 64.4 Å². The molecule has 1 heterocycles. The molecule has 0 aliphatic carbocycles. The van der Waals surface area contributed by atoms with Crippen LogP contribution in [0.1, 0.15) is 31.7 Å². The maximum Gasteiger partial charge on any atom is 0.266 e. The summed E-state index contributed by atoms with van der Waals surface area (Å²) in [5.74, 6) is 0.0747. The molecule has 3 rings (SSSR count). The molecule has 6 heteroatoms. The lowest BCUT2D eigenvalue weighted by atomic mass is 9.98. The zero-order valence-electron chi connectivity index (χ0n) is 14.8. The maximum atomic E-state index is 13.1. The molecule has 0 aliphatic rings. The van der Waals surface area contributed by atoms with Crippen LogP contribution < -0.4 is 11.3 Å². The Balaban J connectivity index is 2.15. The van der Waals surface area contributed by atoms with Gasteiger partial charge >= 0.3 is 0 Å². The molecule has 0 saturated heterocycles. The van der Waals surface area contributed by atoms with Crippen molar-refractivity contribution in [1.29, 1.82) is 0 Å². The van der Waals surface area contributed by atoms with Crippen molar-refractivity contribution in [2.45, 2.75) is 31.3 Å². The number of aromatic nitrogens is 2. The van der Waals surface area contributed by atoms with Gasteiger partial charge in [-0.25, -0.2) is 4.98 Å². The Hall–Kier alpha value is -2.60. The second kappa shape index (κ2) is 7.74. The first kappa shape index (κ1) is 18.2. The molecule has 3 aromatic rings. The Bertz CT molecular complexity index is 996. The Morgan fingerprint density at radius 2 is 1.88 bits per heavy atom. The molecule has 2 aromatic carbocycles. The number of benzene rings is 2. The minimum absolute atomic E-state index is 0.0652. The molecule has 1 amide bonds. The molecule has 26 heavy (non-hydrogen) atoms. The van der Waals surface area contributed by atoms with Gasteiger partial charge in [-0.3, -0.25) is 14.2 Å². The number of nitrogens with zero attached hydrogens (tertiary/aromatic N) is 2. The summed E-state index contributed by atoms with van der Waals surface area (Å²) in [4.78, 5) is 28.8. The van der Waals surface area contributed by atoms with Gasteiger partial charge < -0.3 is 5.73 Å². The number of para-hydroxylation sites is 1. The van der Waals surface area contributed by atoms with Gasteiger partial charge in [-0.15, -0.1) is 0 Å². The topological polar surface area (TPSA) is 78.0 Å². The number of primary amides is 1. The first-order valence-corrected chi connectivity index (χ1v) is 9.53. The van der Waals surface area contributed by atoms with Gasteiger partial charge in [-0.1, -0.05) is 49.9 Å². The van der Waals surface area contributed by atoms with E-state index in [1.54, 1.807) is 16.7 Å². The van der Waals surface area contributed by atoms with Crippen LogP contribution in [0.15, 0.2) is 58.5 Å². The van der Waals surface area contributed by atoms with Crippen LogP contribution >= 0.6 is 11.8 Å². The minimum atomic E-state index is -0.448. The van der Waals surface area contributed by atoms with Gasteiger partial charge in [-0.05, 0) is 42.2 Å². The summed E-state index contributed by atoms with van der Waals surface area (Å²) in [7, 11) is 0. The van der Waals surface area contributed by atoms with E-state index in [4.69, 9.17) is 5.73 Å². The van der Waals surface area contributed by atoms with E-state index in [0.29, 0.717) is 22.0 Å². The Morgan fingerprint density at radius 1 is 1.19 bits per heavy atom. The van der Waals surface area contributed by atoms with Crippen molar-refractivity contribution < 1.29 is 4.79 Å².